The van der Waals surface area contributed by atoms with Crippen LogP contribution in [0.4, 0.5) is 0 Å². The Morgan fingerprint density at radius 3 is 2.84 bits per heavy atom. The molecule has 1 aliphatic carbocycles. The molecule has 0 radical (unpaired) electrons. The number of amides is 1. The standard InChI is InChI=1S/C14H13ClN2OS/c15-13-5-1-4-12(16-13)14(18)17(10-6-7-10)9-11-3-2-8-19-11/h1-5,8,10H,6-7,9H2. The summed E-state index contributed by atoms with van der Waals surface area (Å²) in [7, 11) is 0. The largest absolute Gasteiger partial charge is 0.329 e. The maximum atomic E-state index is 12.5. The van der Waals surface area contributed by atoms with Gasteiger partial charge >= 0.3 is 0 Å². The molecule has 1 aliphatic rings. The van der Waals surface area contributed by atoms with Crippen molar-refractivity contribution in [2.45, 2.75) is 25.4 Å². The lowest BCUT2D eigenvalue weighted by Crippen LogP contribution is -2.32. The fourth-order valence-corrected chi connectivity index (χ4v) is 2.86. The first-order valence-electron chi connectivity index (χ1n) is 6.20. The fourth-order valence-electron chi connectivity index (χ4n) is 2.00. The normalized spacial score (nSPS) is 14.4. The lowest BCUT2D eigenvalue weighted by molar-refractivity contribution is 0.0725. The van der Waals surface area contributed by atoms with Crippen molar-refractivity contribution in [2.24, 2.45) is 0 Å². The Morgan fingerprint density at radius 1 is 1.37 bits per heavy atom. The summed E-state index contributed by atoms with van der Waals surface area (Å²) < 4.78 is 0. The number of halogens is 1. The molecule has 1 amide bonds. The van der Waals surface area contributed by atoms with Gasteiger partial charge in [0.15, 0.2) is 0 Å². The molecule has 3 rings (SSSR count). The van der Waals surface area contributed by atoms with Gasteiger partial charge in [0.05, 0.1) is 6.54 Å². The van der Waals surface area contributed by atoms with E-state index in [9.17, 15) is 4.79 Å². The Morgan fingerprint density at radius 2 is 2.21 bits per heavy atom. The van der Waals surface area contributed by atoms with Crippen LogP contribution in [0.15, 0.2) is 35.7 Å². The molecule has 0 atom stereocenters. The van der Waals surface area contributed by atoms with Gasteiger partial charge in [-0.3, -0.25) is 4.79 Å². The van der Waals surface area contributed by atoms with E-state index < -0.39 is 0 Å². The third-order valence-electron chi connectivity index (χ3n) is 3.09. The Labute approximate surface area is 120 Å². The van der Waals surface area contributed by atoms with Crippen molar-refractivity contribution >= 4 is 28.8 Å². The van der Waals surface area contributed by atoms with E-state index in [1.807, 2.05) is 16.3 Å². The third kappa shape index (κ3) is 2.96. The van der Waals surface area contributed by atoms with Gasteiger partial charge < -0.3 is 4.90 Å². The number of thiophene rings is 1. The molecule has 1 saturated carbocycles. The first-order chi connectivity index (χ1) is 9.24. The molecular weight excluding hydrogens is 280 g/mol. The molecule has 5 heteroatoms. The second-order valence-corrected chi connectivity index (χ2v) is 6.01. The highest BCUT2D eigenvalue weighted by molar-refractivity contribution is 7.09. The van der Waals surface area contributed by atoms with Crippen LogP contribution in [-0.4, -0.2) is 21.8 Å². The molecule has 1 fully saturated rings. The molecule has 0 bridgehead atoms. The maximum absolute atomic E-state index is 12.5. The van der Waals surface area contributed by atoms with Crippen LogP contribution in [0, 0.1) is 0 Å². The smallest absolute Gasteiger partial charge is 0.273 e. The monoisotopic (exact) mass is 292 g/mol. The number of rotatable bonds is 4. The van der Waals surface area contributed by atoms with Crippen LogP contribution in [0.3, 0.4) is 0 Å². The number of carbonyl (C=O) groups excluding carboxylic acids is 1. The minimum atomic E-state index is -0.0293. The first-order valence-corrected chi connectivity index (χ1v) is 7.46. The summed E-state index contributed by atoms with van der Waals surface area (Å²) in [5.41, 5.74) is 0.427. The number of carbonyl (C=O) groups is 1. The van der Waals surface area contributed by atoms with Crippen molar-refractivity contribution in [3.63, 3.8) is 0 Å². The second-order valence-electron chi connectivity index (χ2n) is 4.59. The Balaban J connectivity index is 1.82. The first kappa shape index (κ1) is 12.6. The van der Waals surface area contributed by atoms with E-state index in [0.29, 0.717) is 23.4 Å². The predicted octanol–water partition coefficient (Wildman–Crippen LogP) is 3.60. The van der Waals surface area contributed by atoms with Crippen LogP contribution in [0.25, 0.3) is 0 Å². The zero-order valence-electron chi connectivity index (χ0n) is 10.3. The number of pyridine rings is 1. The zero-order chi connectivity index (χ0) is 13.2. The van der Waals surface area contributed by atoms with E-state index in [0.717, 1.165) is 12.8 Å². The lowest BCUT2D eigenvalue weighted by Gasteiger charge is -2.21. The fraction of sp³-hybridized carbons (Fsp3) is 0.286. The van der Waals surface area contributed by atoms with Crippen molar-refractivity contribution in [3.05, 3.63) is 51.4 Å². The summed E-state index contributed by atoms with van der Waals surface area (Å²) in [6, 6.07) is 9.58. The minimum absolute atomic E-state index is 0.0293. The molecule has 0 saturated heterocycles. The van der Waals surface area contributed by atoms with Crippen LogP contribution >= 0.6 is 22.9 Å². The van der Waals surface area contributed by atoms with Crippen LogP contribution in [-0.2, 0) is 6.54 Å². The summed E-state index contributed by atoms with van der Waals surface area (Å²) >= 11 is 7.52. The Bertz CT molecular complexity index is 581. The van der Waals surface area contributed by atoms with Crippen molar-refractivity contribution in [1.29, 1.82) is 0 Å². The van der Waals surface area contributed by atoms with Gasteiger partial charge in [-0.25, -0.2) is 4.98 Å². The van der Waals surface area contributed by atoms with E-state index in [1.165, 1.54) is 4.88 Å². The quantitative estimate of drug-likeness (QED) is 0.807. The van der Waals surface area contributed by atoms with E-state index in [4.69, 9.17) is 11.6 Å². The van der Waals surface area contributed by atoms with Gasteiger partial charge in [0.1, 0.15) is 10.8 Å². The van der Waals surface area contributed by atoms with E-state index in [-0.39, 0.29) is 5.91 Å². The highest BCUT2D eigenvalue weighted by Crippen LogP contribution is 2.30. The molecule has 0 unspecified atom stereocenters. The van der Waals surface area contributed by atoms with E-state index in [1.54, 1.807) is 29.5 Å². The molecule has 0 N–H and O–H groups in total. The number of hydrogen-bond donors (Lipinski definition) is 0. The summed E-state index contributed by atoms with van der Waals surface area (Å²) in [5.74, 6) is -0.0293. The van der Waals surface area contributed by atoms with Crippen molar-refractivity contribution in [2.75, 3.05) is 0 Å². The van der Waals surface area contributed by atoms with Crippen LogP contribution in [0.2, 0.25) is 5.15 Å². The molecule has 2 heterocycles. The third-order valence-corrected chi connectivity index (χ3v) is 4.16. The average molecular weight is 293 g/mol. The summed E-state index contributed by atoms with van der Waals surface area (Å²) in [5, 5.41) is 2.39. The SMILES string of the molecule is O=C(c1cccc(Cl)n1)N(Cc1cccs1)C1CC1. The molecule has 0 aliphatic heterocycles. The highest BCUT2D eigenvalue weighted by atomic mass is 35.5. The van der Waals surface area contributed by atoms with Gasteiger partial charge in [-0.05, 0) is 36.4 Å². The predicted molar refractivity (Wildman–Crippen MR) is 76.5 cm³/mol. The lowest BCUT2D eigenvalue weighted by atomic mass is 10.3. The van der Waals surface area contributed by atoms with Crippen molar-refractivity contribution in [1.82, 2.24) is 9.88 Å². The molecular formula is C14H13ClN2OS. The van der Waals surface area contributed by atoms with Crippen LogP contribution < -0.4 is 0 Å². The second kappa shape index (κ2) is 5.31. The van der Waals surface area contributed by atoms with Crippen LogP contribution in [0.1, 0.15) is 28.2 Å². The molecule has 98 valence electrons. The Kier molecular flexibility index (Phi) is 3.53. The summed E-state index contributed by atoms with van der Waals surface area (Å²) in [4.78, 5) is 19.7. The van der Waals surface area contributed by atoms with E-state index in [2.05, 4.69) is 11.1 Å². The minimum Gasteiger partial charge on any atom is -0.329 e. The van der Waals surface area contributed by atoms with Gasteiger partial charge in [0, 0.05) is 10.9 Å². The number of nitrogens with zero attached hydrogens (tertiary/aromatic N) is 2. The van der Waals surface area contributed by atoms with Crippen LogP contribution in [0.5, 0.6) is 0 Å². The van der Waals surface area contributed by atoms with Gasteiger partial charge in [-0.15, -0.1) is 11.3 Å². The van der Waals surface area contributed by atoms with Gasteiger partial charge in [0.2, 0.25) is 0 Å². The highest BCUT2D eigenvalue weighted by Gasteiger charge is 2.33. The van der Waals surface area contributed by atoms with Crippen molar-refractivity contribution in [3.8, 4) is 0 Å². The topological polar surface area (TPSA) is 33.2 Å². The molecule has 2 aromatic heterocycles. The van der Waals surface area contributed by atoms with Gasteiger partial charge in [-0.1, -0.05) is 23.7 Å². The zero-order valence-corrected chi connectivity index (χ0v) is 11.8. The van der Waals surface area contributed by atoms with E-state index >= 15 is 0 Å². The van der Waals surface area contributed by atoms with Gasteiger partial charge in [0.25, 0.3) is 5.91 Å². The molecule has 0 aromatic carbocycles. The number of aromatic nitrogens is 1. The molecule has 0 spiro atoms. The molecule has 2 aromatic rings. The summed E-state index contributed by atoms with van der Waals surface area (Å²) in [6.45, 7) is 0.662. The Hall–Kier alpha value is -1.39. The molecule has 19 heavy (non-hydrogen) atoms. The summed E-state index contributed by atoms with van der Waals surface area (Å²) in [6.07, 6.45) is 2.16. The van der Waals surface area contributed by atoms with Gasteiger partial charge in [-0.2, -0.15) is 0 Å². The molecule has 3 nitrogen and oxygen atoms in total. The average Bonchev–Trinajstić information content (AvgIpc) is 3.12. The number of hydrogen-bond acceptors (Lipinski definition) is 3. The van der Waals surface area contributed by atoms with Crippen molar-refractivity contribution < 1.29 is 4.79 Å². The maximum Gasteiger partial charge on any atom is 0.273 e.